The van der Waals surface area contributed by atoms with Crippen molar-refractivity contribution in [2.24, 2.45) is 0 Å². The van der Waals surface area contributed by atoms with Crippen molar-refractivity contribution in [3.63, 3.8) is 0 Å². The number of aromatic nitrogens is 1. The second-order valence-electron chi connectivity index (χ2n) is 3.96. The molecule has 0 bridgehead atoms. The quantitative estimate of drug-likeness (QED) is 0.542. The first kappa shape index (κ1) is 11.4. The molecule has 0 aliphatic rings. The lowest BCUT2D eigenvalue weighted by Gasteiger charge is -2.15. The fraction of sp³-hybridized carbons (Fsp3) is 0.154. The number of aliphatic hydroxyl groups is 1. The van der Waals surface area contributed by atoms with Gasteiger partial charge in [-0.1, -0.05) is 6.07 Å². The Morgan fingerprint density at radius 3 is 2.76 bits per heavy atom. The summed E-state index contributed by atoms with van der Waals surface area (Å²) in [5, 5.41) is 19.8. The van der Waals surface area contributed by atoms with Gasteiger partial charge in [0.2, 0.25) is 0 Å². The van der Waals surface area contributed by atoms with Crippen molar-refractivity contribution in [2.45, 2.75) is 13.0 Å². The van der Waals surface area contributed by atoms with E-state index in [-0.39, 0.29) is 5.75 Å². The Balaban J connectivity index is 2.44. The SMILES string of the molecule is Cc1cc(N)c(O)cc1C(O)c1cccnc1. The molecule has 4 N–H and O–H groups in total. The first-order chi connectivity index (χ1) is 8.09. The summed E-state index contributed by atoms with van der Waals surface area (Å²) in [5.74, 6) is -0.0199. The predicted octanol–water partition coefficient (Wildman–Crippen LogP) is 1.76. The Morgan fingerprint density at radius 2 is 2.12 bits per heavy atom. The molecule has 2 rings (SSSR count). The molecule has 0 saturated heterocycles. The number of nitrogens with two attached hydrogens (primary N) is 1. The van der Waals surface area contributed by atoms with Crippen molar-refractivity contribution < 1.29 is 10.2 Å². The molecule has 0 aliphatic carbocycles. The Hall–Kier alpha value is -2.07. The van der Waals surface area contributed by atoms with E-state index in [9.17, 15) is 10.2 Å². The smallest absolute Gasteiger partial charge is 0.138 e. The molecule has 1 heterocycles. The molecule has 0 saturated carbocycles. The molecule has 1 aromatic heterocycles. The molecule has 4 heteroatoms. The average Bonchev–Trinajstić information content (AvgIpc) is 2.34. The van der Waals surface area contributed by atoms with Crippen LogP contribution in [0.5, 0.6) is 5.75 Å². The van der Waals surface area contributed by atoms with Crippen LogP contribution in [0, 0.1) is 6.92 Å². The van der Waals surface area contributed by atoms with E-state index in [0.29, 0.717) is 16.8 Å². The lowest BCUT2D eigenvalue weighted by molar-refractivity contribution is 0.218. The predicted molar refractivity (Wildman–Crippen MR) is 65.6 cm³/mol. The van der Waals surface area contributed by atoms with Gasteiger partial charge in [-0.05, 0) is 36.2 Å². The first-order valence-corrected chi connectivity index (χ1v) is 5.26. The summed E-state index contributed by atoms with van der Waals surface area (Å²) in [5.41, 5.74) is 8.03. The number of aromatic hydroxyl groups is 1. The topological polar surface area (TPSA) is 79.4 Å². The van der Waals surface area contributed by atoms with Crippen LogP contribution in [0.3, 0.4) is 0 Å². The molecule has 0 spiro atoms. The van der Waals surface area contributed by atoms with E-state index in [1.54, 1.807) is 30.6 Å². The number of anilines is 1. The van der Waals surface area contributed by atoms with E-state index < -0.39 is 6.10 Å². The Bertz CT molecular complexity index is 526. The van der Waals surface area contributed by atoms with Crippen molar-refractivity contribution in [3.05, 3.63) is 53.3 Å². The highest BCUT2D eigenvalue weighted by Gasteiger charge is 2.14. The molecule has 17 heavy (non-hydrogen) atoms. The van der Waals surface area contributed by atoms with E-state index in [4.69, 9.17) is 5.73 Å². The Kier molecular flexibility index (Phi) is 2.97. The maximum atomic E-state index is 10.2. The third-order valence-corrected chi connectivity index (χ3v) is 2.71. The van der Waals surface area contributed by atoms with E-state index in [1.165, 1.54) is 6.07 Å². The van der Waals surface area contributed by atoms with Crippen LogP contribution in [0.15, 0.2) is 36.7 Å². The summed E-state index contributed by atoms with van der Waals surface area (Å²) >= 11 is 0. The summed E-state index contributed by atoms with van der Waals surface area (Å²) in [6.45, 7) is 1.84. The number of pyridine rings is 1. The zero-order chi connectivity index (χ0) is 12.4. The molecule has 0 amide bonds. The van der Waals surface area contributed by atoms with Crippen LogP contribution in [0.2, 0.25) is 0 Å². The summed E-state index contributed by atoms with van der Waals surface area (Å²) in [6.07, 6.45) is 2.43. The zero-order valence-corrected chi connectivity index (χ0v) is 9.46. The van der Waals surface area contributed by atoms with Crippen LogP contribution in [0.1, 0.15) is 22.8 Å². The highest BCUT2D eigenvalue weighted by Crippen LogP contribution is 2.31. The van der Waals surface area contributed by atoms with Crippen LogP contribution in [0.25, 0.3) is 0 Å². The highest BCUT2D eigenvalue weighted by molar-refractivity contribution is 5.57. The van der Waals surface area contributed by atoms with Crippen molar-refractivity contribution in [1.29, 1.82) is 0 Å². The number of nitrogen functional groups attached to an aromatic ring is 1. The van der Waals surface area contributed by atoms with E-state index in [0.717, 1.165) is 5.56 Å². The van der Waals surface area contributed by atoms with Crippen molar-refractivity contribution in [3.8, 4) is 5.75 Å². The monoisotopic (exact) mass is 230 g/mol. The van der Waals surface area contributed by atoms with Gasteiger partial charge < -0.3 is 15.9 Å². The number of nitrogens with zero attached hydrogens (tertiary/aromatic N) is 1. The molecule has 1 atom stereocenters. The molecule has 1 aromatic carbocycles. The van der Waals surface area contributed by atoms with Gasteiger partial charge in [-0.2, -0.15) is 0 Å². The molecule has 0 radical (unpaired) electrons. The normalized spacial score (nSPS) is 12.4. The number of rotatable bonds is 2. The molecule has 0 fully saturated rings. The minimum absolute atomic E-state index is 0.0199. The van der Waals surface area contributed by atoms with Crippen molar-refractivity contribution >= 4 is 5.69 Å². The highest BCUT2D eigenvalue weighted by atomic mass is 16.3. The van der Waals surface area contributed by atoms with E-state index in [2.05, 4.69) is 4.98 Å². The van der Waals surface area contributed by atoms with Gasteiger partial charge in [0.25, 0.3) is 0 Å². The molecular weight excluding hydrogens is 216 g/mol. The van der Waals surface area contributed by atoms with Crippen LogP contribution in [0.4, 0.5) is 5.69 Å². The number of aryl methyl sites for hydroxylation is 1. The molecular formula is C13H14N2O2. The minimum atomic E-state index is -0.810. The number of phenolic OH excluding ortho intramolecular Hbond substituents is 1. The van der Waals surface area contributed by atoms with Gasteiger partial charge in [0.05, 0.1) is 5.69 Å². The number of phenols is 1. The lowest BCUT2D eigenvalue weighted by atomic mass is 9.98. The van der Waals surface area contributed by atoms with E-state index >= 15 is 0 Å². The number of benzene rings is 1. The lowest BCUT2D eigenvalue weighted by Crippen LogP contribution is -2.03. The second kappa shape index (κ2) is 4.43. The second-order valence-corrected chi connectivity index (χ2v) is 3.96. The van der Waals surface area contributed by atoms with Crippen LogP contribution in [-0.4, -0.2) is 15.2 Å². The van der Waals surface area contributed by atoms with Gasteiger partial charge in [0, 0.05) is 18.0 Å². The standard InChI is InChI=1S/C13H14N2O2/c1-8-5-11(14)12(16)6-10(8)13(17)9-3-2-4-15-7-9/h2-7,13,16-17H,14H2,1H3. The van der Waals surface area contributed by atoms with Crippen molar-refractivity contribution in [2.75, 3.05) is 5.73 Å². The third kappa shape index (κ3) is 2.21. The molecule has 0 aliphatic heterocycles. The van der Waals surface area contributed by atoms with Crippen LogP contribution in [-0.2, 0) is 0 Å². The van der Waals surface area contributed by atoms with Gasteiger partial charge in [-0.15, -0.1) is 0 Å². The van der Waals surface area contributed by atoms with Crippen LogP contribution >= 0.6 is 0 Å². The van der Waals surface area contributed by atoms with Gasteiger partial charge >= 0.3 is 0 Å². The van der Waals surface area contributed by atoms with E-state index in [1.807, 2.05) is 6.92 Å². The maximum absolute atomic E-state index is 10.2. The fourth-order valence-electron chi connectivity index (χ4n) is 1.75. The van der Waals surface area contributed by atoms with Crippen molar-refractivity contribution in [1.82, 2.24) is 4.98 Å². The summed E-state index contributed by atoms with van der Waals surface area (Å²) < 4.78 is 0. The summed E-state index contributed by atoms with van der Waals surface area (Å²) in [6, 6.07) is 6.67. The maximum Gasteiger partial charge on any atom is 0.138 e. The number of hydrogen-bond donors (Lipinski definition) is 3. The van der Waals surface area contributed by atoms with Gasteiger partial charge in [0.1, 0.15) is 11.9 Å². The zero-order valence-electron chi connectivity index (χ0n) is 9.46. The van der Waals surface area contributed by atoms with Crippen LogP contribution < -0.4 is 5.73 Å². The largest absolute Gasteiger partial charge is 0.506 e. The fourth-order valence-corrected chi connectivity index (χ4v) is 1.75. The first-order valence-electron chi connectivity index (χ1n) is 5.26. The van der Waals surface area contributed by atoms with Gasteiger partial charge in [0.15, 0.2) is 0 Å². The summed E-state index contributed by atoms with van der Waals surface area (Å²) in [7, 11) is 0. The van der Waals surface area contributed by atoms with Gasteiger partial charge in [-0.3, -0.25) is 4.98 Å². The van der Waals surface area contributed by atoms with Gasteiger partial charge in [-0.25, -0.2) is 0 Å². The Labute approximate surface area is 99.4 Å². The molecule has 88 valence electrons. The molecule has 4 nitrogen and oxygen atoms in total. The number of aliphatic hydroxyl groups excluding tert-OH is 1. The Morgan fingerprint density at radius 1 is 1.35 bits per heavy atom. The molecule has 1 unspecified atom stereocenters. The minimum Gasteiger partial charge on any atom is -0.506 e. The summed E-state index contributed by atoms with van der Waals surface area (Å²) in [4.78, 5) is 3.95. The average molecular weight is 230 g/mol. The number of hydrogen-bond acceptors (Lipinski definition) is 4. The molecule has 2 aromatic rings. The third-order valence-electron chi connectivity index (χ3n) is 2.71.